The number of aryl methyl sites for hydroxylation is 2. The van der Waals surface area contributed by atoms with Crippen molar-refractivity contribution in [3.05, 3.63) is 65.2 Å². The number of oxime groups is 1. The summed E-state index contributed by atoms with van der Waals surface area (Å²) >= 11 is 0. The van der Waals surface area contributed by atoms with Crippen LogP contribution in [0.25, 0.3) is 0 Å². The van der Waals surface area contributed by atoms with Crippen molar-refractivity contribution in [1.82, 2.24) is 0 Å². The Hall–Kier alpha value is -3.16. The van der Waals surface area contributed by atoms with Crippen LogP contribution in [0.2, 0.25) is 0 Å². The largest absolute Gasteiger partial charge is 0.493 e. The number of ether oxygens (including phenoxy) is 3. The summed E-state index contributed by atoms with van der Waals surface area (Å²) in [4.78, 5) is 4.34. The Morgan fingerprint density at radius 2 is 1.76 bits per heavy atom. The zero-order valence-corrected chi connectivity index (χ0v) is 19.5. The molecule has 33 heavy (non-hydrogen) atoms. The van der Waals surface area contributed by atoms with Crippen molar-refractivity contribution in [3.63, 3.8) is 0 Å². The van der Waals surface area contributed by atoms with Gasteiger partial charge in [0.1, 0.15) is 31.0 Å². The Bertz CT molecular complexity index is 947. The maximum Gasteiger partial charge on any atom is 0.437 e. The van der Waals surface area contributed by atoms with Crippen molar-refractivity contribution in [3.8, 4) is 17.2 Å². The summed E-state index contributed by atoms with van der Waals surface area (Å²) in [6, 6.07) is 9.53. The minimum atomic E-state index is -4.64. The highest BCUT2D eigenvalue weighted by Gasteiger charge is 2.38. The first-order valence-corrected chi connectivity index (χ1v) is 10.6. The van der Waals surface area contributed by atoms with Gasteiger partial charge in [-0.05, 0) is 63.1 Å². The second kappa shape index (κ2) is 12.2. The Morgan fingerprint density at radius 3 is 2.36 bits per heavy atom. The van der Waals surface area contributed by atoms with Crippen LogP contribution in [0.3, 0.4) is 0 Å². The molecule has 2 aromatic carbocycles. The number of rotatable bonds is 11. The Morgan fingerprint density at radius 1 is 1.06 bits per heavy atom. The van der Waals surface area contributed by atoms with Gasteiger partial charge in [0.05, 0.1) is 12.7 Å². The van der Waals surface area contributed by atoms with E-state index < -0.39 is 11.9 Å². The Kier molecular flexibility index (Phi) is 9.63. The molecule has 1 atom stereocenters. The van der Waals surface area contributed by atoms with E-state index in [1.807, 2.05) is 52.0 Å². The zero-order valence-electron chi connectivity index (χ0n) is 19.5. The normalized spacial score (nSPS) is 13.2. The number of halogens is 3. The Labute approximate surface area is 192 Å². The molecule has 0 amide bonds. The molecule has 0 aliphatic heterocycles. The van der Waals surface area contributed by atoms with E-state index in [2.05, 4.69) is 9.99 Å². The predicted octanol–water partition coefficient (Wildman–Crippen LogP) is 6.41. The fourth-order valence-corrected chi connectivity index (χ4v) is 3.12. The van der Waals surface area contributed by atoms with Crippen LogP contribution in [0.1, 0.15) is 37.0 Å². The minimum absolute atomic E-state index is 0.130. The SMILES string of the molecule is C/C=C/COc1cc(C)c(OC(C)CCOc2cccc(/C(=N\OC)C(F)(F)F)c2)c(C)c1. The van der Waals surface area contributed by atoms with Crippen molar-refractivity contribution >= 4 is 5.71 Å². The van der Waals surface area contributed by atoms with Crippen molar-refractivity contribution in [2.45, 2.75) is 46.4 Å². The lowest BCUT2D eigenvalue weighted by molar-refractivity contribution is -0.0608. The summed E-state index contributed by atoms with van der Waals surface area (Å²) in [5.41, 5.74) is 0.677. The van der Waals surface area contributed by atoms with Gasteiger partial charge < -0.3 is 19.0 Å². The van der Waals surface area contributed by atoms with E-state index >= 15 is 0 Å². The molecule has 2 rings (SSSR count). The fourth-order valence-electron chi connectivity index (χ4n) is 3.12. The van der Waals surface area contributed by atoms with Crippen LogP contribution in [-0.4, -0.2) is 38.3 Å². The van der Waals surface area contributed by atoms with Gasteiger partial charge in [0.15, 0.2) is 5.71 Å². The molecule has 0 radical (unpaired) electrons. The summed E-state index contributed by atoms with van der Waals surface area (Å²) < 4.78 is 57.0. The summed E-state index contributed by atoms with van der Waals surface area (Å²) in [7, 11) is 1.07. The molecule has 0 spiro atoms. The van der Waals surface area contributed by atoms with Crippen LogP contribution >= 0.6 is 0 Å². The second-order valence-electron chi connectivity index (χ2n) is 7.48. The monoisotopic (exact) mass is 465 g/mol. The van der Waals surface area contributed by atoms with E-state index in [-0.39, 0.29) is 18.3 Å². The highest BCUT2D eigenvalue weighted by molar-refractivity contribution is 6.04. The van der Waals surface area contributed by atoms with Crippen LogP contribution < -0.4 is 14.2 Å². The molecular formula is C25H30F3NO4. The quantitative estimate of drug-likeness (QED) is 0.219. The summed E-state index contributed by atoms with van der Waals surface area (Å²) in [6.45, 7) is 8.55. The van der Waals surface area contributed by atoms with E-state index in [9.17, 15) is 13.2 Å². The summed E-state index contributed by atoms with van der Waals surface area (Å²) in [6.07, 6.45) is -0.400. The lowest BCUT2D eigenvalue weighted by Crippen LogP contribution is -2.24. The van der Waals surface area contributed by atoms with Gasteiger partial charge in [-0.3, -0.25) is 0 Å². The third kappa shape index (κ3) is 8.04. The average molecular weight is 466 g/mol. The van der Waals surface area contributed by atoms with Gasteiger partial charge in [-0.1, -0.05) is 29.4 Å². The molecule has 2 aromatic rings. The van der Waals surface area contributed by atoms with Gasteiger partial charge >= 0.3 is 6.18 Å². The molecular weight excluding hydrogens is 435 g/mol. The molecule has 0 aliphatic carbocycles. The van der Waals surface area contributed by atoms with Crippen LogP contribution in [0.4, 0.5) is 13.2 Å². The van der Waals surface area contributed by atoms with Crippen molar-refractivity contribution in [1.29, 1.82) is 0 Å². The van der Waals surface area contributed by atoms with E-state index in [1.54, 1.807) is 6.07 Å². The molecule has 180 valence electrons. The van der Waals surface area contributed by atoms with Gasteiger partial charge in [-0.25, -0.2) is 0 Å². The number of alkyl halides is 3. The maximum atomic E-state index is 13.2. The van der Waals surface area contributed by atoms with E-state index in [1.165, 1.54) is 18.2 Å². The van der Waals surface area contributed by atoms with Gasteiger partial charge in [-0.2, -0.15) is 13.2 Å². The third-order valence-corrected chi connectivity index (χ3v) is 4.69. The molecule has 0 fully saturated rings. The number of hydrogen-bond acceptors (Lipinski definition) is 5. The first-order valence-electron chi connectivity index (χ1n) is 10.6. The van der Waals surface area contributed by atoms with Crippen LogP contribution in [0.15, 0.2) is 53.7 Å². The zero-order chi connectivity index (χ0) is 24.4. The molecule has 8 heteroatoms. The van der Waals surface area contributed by atoms with Crippen molar-refractivity contribution in [2.75, 3.05) is 20.3 Å². The van der Waals surface area contributed by atoms with Crippen molar-refractivity contribution in [2.24, 2.45) is 5.16 Å². The molecule has 0 heterocycles. The molecule has 0 saturated carbocycles. The van der Waals surface area contributed by atoms with E-state index in [0.717, 1.165) is 29.7 Å². The number of hydrogen-bond donors (Lipinski definition) is 0. The van der Waals surface area contributed by atoms with Crippen molar-refractivity contribution < 1.29 is 32.2 Å². The lowest BCUT2D eigenvalue weighted by atomic mass is 10.1. The molecule has 0 N–H and O–H groups in total. The van der Waals surface area contributed by atoms with Gasteiger partial charge in [0, 0.05) is 12.0 Å². The van der Waals surface area contributed by atoms with Gasteiger partial charge in [0.2, 0.25) is 0 Å². The minimum Gasteiger partial charge on any atom is -0.493 e. The van der Waals surface area contributed by atoms with Crippen LogP contribution in [-0.2, 0) is 4.84 Å². The average Bonchev–Trinajstić information content (AvgIpc) is 2.74. The smallest absolute Gasteiger partial charge is 0.437 e. The number of allylic oxidation sites excluding steroid dienone is 1. The molecule has 0 aliphatic rings. The van der Waals surface area contributed by atoms with Crippen LogP contribution in [0, 0.1) is 13.8 Å². The maximum absolute atomic E-state index is 13.2. The topological polar surface area (TPSA) is 49.3 Å². The number of nitrogens with zero attached hydrogens (tertiary/aromatic N) is 1. The first-order chi connectivity index (χ1) is 15.7. The molecule has 5 nitrogen and oxygen atoms in total. The predicted molar refractivity (Wildman–Crippen MR) is 122 cm³/mol. The summed E-state index contributed by atoms with van der Waals surface area (Å²) in [5.74, 6) is 1.87. The Balaban J connectivity index is 1.96. The highest BCUT2D eigenvalue weighted by Crippen LogP contribution is 2.30. The third-order valence-electron chi connectivity index (χ3n) is 4.69. The number of benzene rings is 2. The van der Waals surface area contributed by atoms with Crippen LogP contribution in [0.5, 0.6) is 17.2 Å². The molecule has 0 aromatic heterocycles. The second-order valence-corrected chi connectivity index (χ2v) is 7.48. The summed E-state index contributed by atoms with van der Waals surface area (Å²) in [5, 5.41) is 3.11. The van der Waals surface area contributed by atoms with Gasteiger partial charge in [0.25, 0.3) is 0 Å². The fraction of sp³-hybridized carbons (Fsp3) is 0.400. The van der Waals surface area contributed by atoms with E-state index in [0.29, 0.717) is 18.8 Å². The molecule has 0 saturated heterocycles. The standard InChI is InChI=1S/C25H30F3NO4/c1-6-7-12-31-22-14-17(2)23(18(3)15-22)33-19(4)11-13-32-21-10-8-9-20(16-21)24(29-30-5)25(26,27)28/h6-10,14-16,19H,11-13H2,1-5H3/b7-6+,29-24+. The van der Waals surface area contributed by atoms with Gasteiger partial charge in [-0.15, -0.1) is 0 Å². The highest BCUT2D eigenvalue weighted by atomic mass is 19.4. The molecule has 1 unspecified atom stereocenters. The molecule has 0 bridgehead atoms. The van der Waals surface area contributed by atoms with E-state index in [4.69, 9.17) is 14.2 Å². The first kappa shape index (κ1) is 26.1. The lowest BCUT2D eigenvalue weighted by Gasteiger charge is -2.19.